The van der Waals surface area contributed by atoms with Crippen LogP contribution >= 0.6 is 0 Å². The van der Waals surface area contributed by atoms with Crippen LogP contribution in [0.5, 0.6) is 0 Å². The van der Waals surface area contributed by atoms with Gasteiger partial charge in [0.2, 0.25) is 0 Å². The van der Waals surface area contributed by atoms with Gasteiger partial charge in [-0.15, -0.1) is 0 Å². The predicted octanol–water partition coefficient (Wildman–Crippen LogP) is 3.19. The zero-order valence-electron chi connectivity index (χ0n) is 12.3. The molecule has 0 radical (unpaired) electrons. The van der Waals surface area contributed by atoms with Crippen molar-refractivity contribution in [2.75, 3.05) is 13.1 Å². The van der Waals surface area contributed by atoms with Crippen LogP contribution in [-0.2, 0) is 11.2 Å². The van der Waals surface area contributed by atoms with Crippen molar-refractivity contribution in [3.63, 3.8) is 0 Å². The summed E-state index contributed by atoms with van der Waals surface area (Å²) in [5, 5.41) is 9.32. The fourth-order valence-electron chi connectivity index (χ4n) is 3.00. The molecule has 0 aromatic heterocycles. The summed E-state index contributed by atoms with van der Waals surface area (Å²) in [7, 11) is 0. The topological polar surface area (TPSA) is 40.5 Å². The highest BCUT2D eigenvalue weighted by Gasteiger charge is 2.30. The van der Waals surface area contributed by atoms with Gasteiger partial charge in [0, 0.05) is 0 Å². The fourth-order valence-corrected chi connectivity index (χ4v) is 3.00. The van der Waals surface area contributed by atoms with Crippen LogP contribution in [0.15, 0.2) is 30.3 Å². The van der Waals surface area contributed by atoms with Crippen molar-refractivity contribution in [2.24, 2.45) is 5.92 Å². The van der Waals surface area contributed by atoms with Crippen LogP contribution in [0.4, 0.5) is 0 Å². The summed E-state index contributed by atoms with van der Waals surface area (Å²) >= 11 is 0. The van der Waals surface area contributed by atoms with E-state index in [1.807, 2.05) is 6.07 Å². The number of aliphatic carboxylic acids is 1. The molecule has 20 heavy (non-hydrogen) atoms. The molecule has 0 spiro atoms. The van der Waals surface area contributed by atoms with Crippen LogP contribution in [0.2, 0.25) is 0 Å². The molecule has 1 heterocycles. The number of carboxylic acids is 1. The molecule has 0 aliphatic carbocycles. The van der Waals surface area contributed by atoms with Crippen LogP contribution in [0.3, 0.4) is 0 Å². The zero-order valence-corrected chi connectivity index (χ0v) is 12.3. The van der Waals surface area contributed by atoms with Crippen molar-refractivity contribution < 1.29 is 9.90 Å². The second-order valence-corrected chi connectivity index (χ2v) is 5.96. The van der Waals surface area contributed by atoms with E-state index in [0.29, 0.717) is 5.92 Å². The molecule has 1 N–H and O–H groups in total. The lowest BCUT2D eigenvalue weighted by Gasteiger charge is -2.35. The maximum absolute atomic E-state index is 11.3. The molecule has 3 nitrogen and oxygen atoms in total. The van der Waals surface area contributed by atoms with E-state index in [-0.39, 0.29) is 6.04 Å². The highest BCUT2D eigenvalue weighted by atomic mass is 16.4. The summed E-state index contributed by atoms with van der Waals surface area (Å²) < 4.78 is 0. The van der Waals surface area contributed by atoms with Crippen LogP contribution in [0.25, 0.3) is 0 Å². The molecule has 1 saturated heterocycles. The number of unbranched alkanes of at least 4 members (excludes halogenated alkanes) is 1. The quantitative estimate of drug-likeness (QED) is 0.811. The minimum absolute atomic E-state index is 0.268. The molecule has 0 saturated carbocycles. The van der Waals surface area contributed by atoms with E-state index < -0.39 is 5.97 Å². The molecular weight excluding hydrogens is 250 g/mol. The lowest BCUT2D eigenvalue weighted by Crippen LogP contribution is -2.47. The van der Waals surface area contributed by atoms with E-state index in [9.17, 15) is 9.90 Å². The fraction of sp³-hybridized carbons (Fsp3) is 0.588. The summed E-state index contributed by atoms with van der Waals surface area (Å²) in [4.78, 5) is 13.5. The first kappa shape index (κ1) is 15.0. The average Bonchev–Trinajstić information content (AvgIpc) is 2.45. The number of rotatable bonds is 6. The van der Waals surface area contributed by atoms with E-state index in [0.717, 1.165) is 45.2 Å². The number of hydrogen-bond acceptors (Lipinski definition) is 2. The number of aryl methyl sites for hydroxylation is 1. The minimum atomic E-state index is -0.653. The molecule has 1 aromatic carbocycles. The Kier molecular flexibility index (Phi) is 5.60. The Morgan fingerprint density at radius 1 is 1.30 bits per heavy atom. The monoisotopic (exact) mass is 275 g/mol. The smallest absolute Gasteiger partial charge is 0.320 e. The van der Waals surface area contributed by atoms with Crippen molar-refractivity contribution >= 4 is 5.97 Å². The number of hydrogen-bond donors (Lipinski definition) is 1. The predicted molar refractivity (Wildman–Crippen MR) is 80.8 cm³/mol. The molecule has 0 amide bonds. The third-order valence-electron chi connectivity index (χ3n) is 4.26. The van der Waals surface area contributed by atoms with Gasteiger partial charge in [0.15, 0.2) is 0 Å². The first-order valence-corrected chi connectivity index (χ1v) is 7.67. The van der Waals surface area contributed by atoms with Gasteiger partial charge in [-0.3, -0.25) is 9.69 Å². The second-order valence-electron chi connectivity index (χ2n) is 5.96. The van der Waals surface area contributed by atoms with Gasteiger partial charge in [0.05, 0.1) is 0 Å². The summed E-state index contributed by atoms with van der Waals surface area (Å²) in [6.07, 6.45) is 5.22. The highest BCUT2D eigenvalue weighted by molar-refractivity contribution is 5.73. The van der Waals surface area contributed by atoms with Gasteiger partial charge in [-0.25, -0.2) is 0 Å². The number of carboxylic acid groups (broad SMARTS) is 1. The Hall–Kier alpha value is -1.35. The first-order valence-electron chi connectivity index (χ1n) is 7.67. The highest BCUT2D eigenvalue weighted by Crippen LogP contribution is 2.23. The van der Waals surface area contributed by atoms with E-state index in [2.05, 4.69) is 36.1 Å². The van der Waals surface area contributed by atoms with Crippen molar-refractivity contribution in [1.82, 2.24) is 4.90 Å². The number of carbonyl (C=O) groups is 1. The van der Waals surface area contributed by atoms with Gasteiger partial charge in [-0.2, -0.15) is 0 Å². The average molecular weight is 275 g/mol. The minimum Gasteiger partial charge on any atom is -0.480 e. The van der Waals surface area contributed by atoms with Crippen LogP contribution in [0, 0.1) is 5.92 Å². The van der Waals surface area contributed by atoms with Crippen molar-refractivity contribution in [1.29, 1.82) is 0 Å². The van der Waals surface area contributed by atoms with Crippen molar-refractivity contribution in [3.05, 3.63) is 35.9 Å². The lowest BCUT2D eigenvalue weighted by atomic mass is 9.92. The molecule has 2 rings (SSSR count). The van der Waals surface area contributed by atoms with E-state index >= 15 is 0 Å². The summed E-state index contributed by atoms with van der Waals surface area (Å²) in [6.45, 7) is 4.00. The van der Waals surface area contributed by atoms with Crippen LogP contribution < -0.4 is 0 Å². The Bertz CT molecular complexity index is 418. The number of likely N-dealkylation sites (tertiary alicyclic amines) is 1. The Balaban J connectivity index is 1.74. The Labute approximate surface area is 121 Å². The molecule has 1 aliphatic rings. The molecule has 0 bridgehead atoms. The molecule has 2 unspecified atom stereocenters. The Morgan fingerprint density at radius 3 is 2.75 bits per heavy atom. The molecular formula is C17H25NO2. The normalized spacial score (nSPS) is 23.6. The number of benzene rings is 1. The van der Waals surface area contributed by atoms with Crippen molar-refractivity contribution in [3.8, 4) is 0 Å². The second kappa shape index (κ2) is 7.44. The largest absolute Gasteiger partial charge is 0.480 e. The third kappa shape index (κ3) is 4.34. The van der Waals surface area contributed by atoms with E-state index in [4.69, 9.17) is 0 Å². The standard InChI is InChI=1S/C17H25NO2/c1-14-10-12-18(16(13-14)17(19)20)11-6-5-9-15-7-3-2-4-8-15/h2-4,7-8,14,16H,5-6,9-13H2,1H3,(H,19,20). The third-order valence-corrected chi connectivity index (χ3v) is 4.26. The summed E-state index contributed by atoms with van der Waals surface area (Å²) in [5.41, 5.74) is 1.37. The van der Waals surface area contributed by atoms with Crippen LogP contribution in [0.1, 0.15) is 38.2 Å². The molecule has 3 heteroatoms. The van der Waals surface area contributed by atoms with Gasteiger partial charge in [-0.05, 0) is 56.7 Å². The Morgan fingerprint density at radius 2 is 2.05 bits per heavy atom. The van der Waals surface area contributed by atoms with E-state index in [1.54, 1.807) is 0 Å². The van der Waals surface area contributed by atoms with Gasteiger partial charge >= 0.3 is 5.97 Å². The maximum Gasteiger partial charge on any atom is 0.320 e. The summed E-state index contributed by atoms with van der Waals surface area (Å²) in [6, 6.07) is 10.2. The number of nitrogens with zero attached hydrogens (tertiary/aromatic N) is 1. The first-order chi connectivity index (χ1) is 9.66. The molecule has 2 atom stereocenters. The molecule has 1 aliphatic heterocycles. The molecule has 1 fully saturated rings. The van der Waals surface area contributed by atoms with Gasteiger partial charge in [0.1, 0.15) is 6.04 Å². The maximum atomic E-state index is 11.3. The molecule has 110 valence electrons. The number of piperidine rings is 1. The SMILES string of the molecule is CC1CCN(CCCCc2ccccc2)C(C(=O)O)C1. The van der Waals surface area contributed by atoms with Gasteiger partial charge < -0.3 is 5.11 Å². The molecule has 1 aromatic rings. The van der Waals surface area contributed by atoms with Gasteiger partial charge in [0.25, 0.3) is 0 Å². The van der Waals surface area contributed by atoms with E-state index in [1.165, 1.54) is 5.56 Å². The summed E-state index contributed by atoms with van der Waals surface area (Å²) in [5.74, 6) is -0.115. The lowest BCUT2D eigenvalue weighted by molar-refractivity contribution is -0.145. The van der Waals surface area contributed by atoms with Crippen LogP contribution in [-0.4, -0.2) is 35.1 Å². The van der Waals surface area contributed by atoms with Crippen molar-refractivity contribution in [2.45, 2.75) is 45.1 Å². The van der Waals surface area contributed by atoms with Gasteiger partial charge in [-0.1, -0.05) is 37.3 Å². The zero-order chi connectivity index (χ0) is 14.4.